The number of aryl methyl sites for hydroxylation is 1. The van der Waals surface area contributed by atoms with Gasteiger partial charge in [-0.2, -0.15) is 5.10 Å². The summed E-state index contributed by atoms with van der Waals surface area (Å²) in [5.41, 5.74) is 8.31. The van der Waals surface area contributed by atoms with Gasteiger partial charge in [0.05, 0.1) is 21.6 Å². The van der Waals surface area contributed by atoms with Gasteiger partial charge >= 0.3 is 0 Å². The lowest BCUT2D eigenvalue weighted by Crippen LogP contribution is -2.09. The zero-order valence-electron chi connectivity index (χ0n) is 11.1. The molecule has 2 heterocycles. The lowest BCUT2D eigenvalue weighted by Gasteiger charge is -1.93. The van der Waals surface area contributed by atoms with Gasteiger partial charge in [-0.05, 0) is 19.1 Å². The smallest absolute Gasteiger partial charge is 0.211 e. The van der Waals surface area contributed by atoms with E-state index in [0.29, 0.717) is 5.13 Å². The molecule has 0 aliphatic heterocycles. The Hall–Kier alpha value is -1.99. The Morgan fingerprint density at radius 3 is 2.85 bits per heavy atom. The fourth-order valence-corrected chi connectivity index (χ4v) is 3.38. The topological polar surface area (TPSA) is 68.6 Å². The molecular weight excluding hydrogens is 290 g/mol. The maximum atomic E-state index is 5.62. The number of para-hydroxylation sites is 1. The fraction of sp³-hybridized carbons (Fsp3) is 0.154. The summed E-state index contributed by atoms with van der Waals surface area (Å²) < 4.78 is 3.23. The molecule has 0 spiro atoms. The Bertz CT molecular complexity index is 853. The van der Waals surface area contributed by atoms with E-state index < -0.39 is 0 Å². The van der Waals surface area contributed by atoms with E-state index in [9.17, 15) is 0 Å². The van der Waals surface area contributed by atoms with Crippen LogP contribution in [0.25, 0.3) is 10.2 Å². The van der Waals surface area contributed by atoms with Gasteiger partial charge in [-0.3, -0.25) is 0 Å². The first-order valence-corrected chi connectivity index (χ1v) is 7.69. The van der Waals surface area contributed by atoms with E-state index in [1.54, 1.807) is 11.3 Å². The molecular formula is C13H13N5S2. The second-order valence-corrected chi connectivity index (χ2v) is 6.17. The second kappa shape index (κ2) is 5.18. The zero-order chi connectivity index (χ0) is 14.1. The first-order valence-electron chi connectivity index (χ1n) is 5.99. The third kappa shape index (κ3) is 2.37. The lowest BCUT2D eigenvalue weighted by atomic mass is 10.3. The fourth-order valence-electron chi connectivity index (χ4n) is 1.80. The van der Waals surface area contributed by atoms with E-state index in [-0.39, 0.29) is 0 Å². The van der Waals surface area contributed by atoms with Gasteiger partial charge in [0, 0.05) is 12.4 Å². The molecule has 5 nitrogen and oxygen atoms in total. The van der Waals surface area contributed by atoms with Crippen molar-refractivity contribution >= 4 is 43.7 Å². The molecule has 102 valence electrons. The summed E-state index contributed by atoms with van der Waals surface area (Å²) in [6.07, 6.45) is 0. The van der Waals surface area contributed by atoms with Crippen molar-refractivity contribution in [3.8, 4) is 0 Å². The maximum absolute atomic E-state index is 5.62. The van der Waals surface area contributed by atoms with Crippen LogP contribution in [0.4, 0.5) is 5.13 Å². The van der Waals surface area contributed by atoms with Crippen molar-refractivity contribution in [1.29, 1.82) is 0 Å². The van der Waals surface area contributed by atoms with Crippen molar-refractivity contribution in [2.45, 2.75) is 6.92 Å². The Kier molecular flexibility index (Phi) is 3.37. The van der Waals surface area contributed by atoms with Crippen LogP contribution in [0.15, 0.2) is 39.8 Å². The van der Waals surface area contributed by atoms with Gasteiger partial charge in [0.15, 0.2) is 5.13 Å². The molecule has 0 fully saturated rings. The number of hydrogen-bond acceptors (Lipinski definition) is 6. The van der Waals surface area contributed by atoms with Crippen LogP contribution >= 0.6 is 22.7 Å². The van der Waals surface area contributed by atoms with Crippen molar-refractivity contribution in [2.75, 3.05) is 5.73 Å². The number of aromatic nitrogens is 2. The quantitative estimate of drug-likeness (QED) is 0.584. The van der Waals surface area contributed by atoms with E-state index in [1.807, 2.05) is 36.1 Å². The summed E-state index contributed by atoms with van der Waals surface area (Å²) in [6.45, 7) is 1.88. The molecule has 0 aliphatic rings. The molecule has 2 aromatic heterocycles. The molecule has 0 bridgehead atoms. The summed E-state index contributed by atoms with van der Waals surface area (Å²) in [5, 5.41) is 11.0. The number of anilines is 1. The van der Waals surface area contributed by atoms with Crippen molar-refractivity contribution in [3.63, 3.8) is 0 Å². The summed E-state index contributed by atoms with van der Waals surface area (Å²) in [4.78, 5) is 5.05. The maximum Gasteiger partial charge on any atom is 0.211 e. The van der Waals surface area contributed by atoms with Gasteiger partial charge in [-0.15, -0.1) is 16.4 Å². The Labute approximate surface area is 123 Å². The molecule has 1 aromatic carbocycles. The number of hydrogen-bond donors (Lipinski definition) is 1. The molecule has 0 aliphatic carbocycles. The largest absolute Gasteiger partial charge is 0.375 e. The highest BCUT2D eigenvalue weighted by atomic mass is 32.1. The summed E-state index contributed by atoms with van der Waals surface area (Å²) in [7, 11) is 1.99. The van der Waals surface area contributed by atoms with Crippen LogP contribution < -0.4 is 10.5 Å². The molecule has 0 amide bonds. The molecule has 2 N–H and O–H groups in total. The van der Waals surface area contributed by atoms with E-state index in [4.69, 9.17) is 5.73 Å². The van der Waals surface area contributed by atoms with Crippen LogP contribution in [0.3, 0.4) is 0 Å². The van der Waals surface area contributed by atoms with Gasteiger partial charge in [-0.25, -0.2) is 4.98 Å². The van der Waals surface area contributed by atoms with Crippen molar-refractivity contribution in [3.05, 3.63) is 40.1 Å². The van der Waals surface area contributed by atoms with Crippen LogP contribution in [0.5, 0.6) is 0 Å². The number of thiazole rings is 2. The van der Waals surface area contributed by atoms with Gasteiger partial charge in [0.1, 0.15) is 0 Å². The van der Waals surface area contributed by atoms with Crippen LogP contribution in [-0.4, -0.2) is 15.3 Å². The highest BCUT2D eigenvalue weighted by Gasteiger charge is 2.03. The van der Waals surface area contributed by atoms with Gasteiger partial charge in [0.2, 0.25) is 4.80 Å². The Balaban J connectivity index is 2.04. The first-order chi connectivity index (χ1) is 9.65. The number of benzene rings is 1. The molecule has 3 rings (SSSR count). The van der Waals surface area contributed by atoms with E-state index in [1.165, 1.54) is 16.0 Å². The highest BCUT2D eigenvalue weighted by Crippen LogP contribution is 2.15. The molecule has 3 aromatic rings. The number of fused-ring (bicyclic) bond motifs is 1. The SMILES string of the molecule is C/C(=N\N=c1\sc2ccccc2n1C)c1csc(N)n1. The van der Waals surface area contributed by atoms with Crippen LogP contribution in [0.2, 0.25) is 0 Å². The first kappa shape index (κ1) is 13.0. The molecule has 0 saturated heterocycles. The van der Waals surface area contributed by atoms with Gasteiger partial charge in [0.25, 0.3) is 0 Å². The van der Waals surface area contributed by atoms with E-state index >= 15 is 0 Å². The molecule has 0 unspecified atom stereocenters. The summed E-state index contributed by atoms with van der Waals surface area (Å²) in [6, 6.07) is 8.19. The standard InChI is InChI=1S/C13H13N5S2/c1-8(9-7-19-12(14)15-9)16-17-13-18(2)10-5-3-4-6-11(10)20-13/h3-7H,1-2H3,(H2,14,15)/b16-8+,17-13+. The second-order valence-electron chi connectivity index (χ2n) is 4.27. The zero-order valence-corrected chi connectivity index (χ0v) is 12.7. The number of nitrogens with two attached hydrogens (primary N) is 1. The average molecular weight is 303 g/mol. The predicted molar refractivity (Wildman–Crippen MR) is 85.1 cm³/mol. The molecule has 20 heavy (non-hydrogen) atoms. The van der Waals surface area contributed by atoms with E-state index in [2.05, 4.69) is 27.3 Å². The number of nitrogen functional groups attached to an aromatic ring is 1. The van der Waals surface area contributed by atoms with E-state index in [0.717, 1.165) is 21.7 Å². The van der Waals surface area contributed by atoms with Crippen molar-refractivity contribution in [1.82, 2.24) is 9.55 Å². The summed E-state index contributed by atoms with van der Waals surface area (Å²) in [5.74, 6) is 0. The third-order valence-corrected chi connectivity index (χ3v) is 4.67. The Morgan fingerprint density at radius 1 is 1.35 bits per heavy atom. The minimum Gasteiger partial charge on any atom is -0.375 e. The van der Waals surface area contributed by atoms with Crippen molar-refractivity contribution < 1.29 is 0 Å². The normalized spacial score (nSPS) is 13.3. The number of nitrogens with zero attached hydrogens (tertiary/aromatic N) is 4. The third-order valence-electron chi connectivity index (χ3n) is 2.89. The summed E-state index contributed by atoms with van der Waals surface area (Å²) >= 11 is 3.02. The molecule has 7 heteroatoms. The predicted octanol–water partition coefficient (Wildman–Crippen LogP) is 2.60. The van der Waals surface area contributed by atoms with Crippen LogP contribution in [0, 0.1) is 0 Å². The minimum absolute atomic E-state index is 0.543. The van der Waals surface area contributed by atoms with Crippen LogP contribution in [-0.2, 0) is 7.05 Å². The van der Waals surface area contributed by atoms with Gasteiger partial charge < -0.3 is 10.3 Å². The highest BCUT2D eigenvalue weighted by molar-refractivity contribution is 7.16. The van der Waals surface area contributed by atoms with Gasteiger partial charge in [-0.1, -0.05) is 23.5 Å². The lowest BCUT2D eigenvalue weighted by molar-refractivity contribution is 0.888. The Morgan fingerprint density at radius 2 is 2.15 bits per heavy atom. The molecule has 0 atom stereocenters. The average Bonchev–Trinajstić information content (AvgIpc) is 3.01. The van der Waals surface area contributed by atoms with Crippen LogP contribution in [0.1, 0.15) is 12.6 Å². The molecule has 0 saturated carbocycles. The number of rotatable bonds is 2. The monoisotopic (exact) mass is 303 g/mol. The molecule has 0 radical (unpaired) electrons. The minimum atomic E-state index is 0.543. The van der Waals surface area contributed by atoms with Crippen molar-refractivity contribution in [2.24, 2.45) is 17.3 Å².